The van der Waals surface area contributed by atoms with Crippen LogP contribution in [0.3, 0.4) is 0 Å². The molecule has 0 bridgehead atoms. The van der Waals surface area contributed by atoms with Gasteiger partial charge in [0.25, 0.3) is 0 Å². The average Bonchev–Trinajstić information content (AvgIpc) is 2.31. The molecule has 0 aromatic heterocycles. The van der Waals surface area contributed by atoms with Crippen molar-refractivity contribution in [2.24, 2.45) is 0 Å². The van der Waals surface area contributed by atoms with Crippen LogP contribution in [0, 0.1) is 25.1 Å². The number of carbonyl (C=O) groups is 1. The smallest absolute Gasteiger partial charge is 0.335 e. The number of aromatic carboxylic acids is 1. The van der Waals surface area contributed by atoms with E-state index in [1.54, 1.807) is 0 Å². The Balaban J connectivity index is 3.42. The molecule has 0 saturated carbocycles. The minimum absolute atomic E-state index is 0.165. The van der Waals surface area contributed by atoms with Crippen molar-refractivity contribution in [1.29, 1.82) is 0 Å². The number of halogens is 1. The molecule has 0 amide bonds. The van der Waals surface area contributed by atoms with Crippen LogP contribution in [0.5, 0.6) is 0 Å². The van der Waals surface area contributed by atoms with Crippen molar-refractivity contribution in [3.8, 4) is 12.3 Å². The van der Waals surface area contributed by atoms with Crippen LogP contribution in [0.15, 0.2) is 17.0 Å². The number of carboxylic acid groups (broad SMARTS) is 1. The van der Waals surface area contributed by atoms with E-state index in [-0.39, 0.29) is 5.56 Å². The summed E-state index contributed by atoms with van der Waals surface area (Å²) in [6.07, 6.45) is 5.06. The van der Waals surface area contributed by atoms with Crippen molar-refractivity contribution in [3.63, 3.8) is 0 Å². The summed E-state index contributed by atoms with van der Waals surface area (Å²) in [5.74, 6) is -0.163. The fourth-order valence-electron chi connectivity index (χ4n) is 1.39. The molecule has 2 N–H and O–H groups in total. The molecule has 1 atom stereocenters. The second kappa shape index (κ2) is 5.38. The molecule has 102 valence electrons. The number of carboxylic acids is 1. The number of rotatable bonds is 4. The molecule has 0 fully saturated rings. The molecular formula is C12H12FNO4S. The molecule has 0 spiro atoms. The summed E-state index contributed by atoms with van der Waals surface area (Å²) < 4.78 is 39.7. The average molecular weight is 285 g/mol. The number of sulfonamides is 1. The van der Waals surface area contributed by atoms with Gasteiger partial charge in [-0.3, -0.25) is 0 Å². The highest BCUT2D eigenvalue weighted by atomic mass is 32.2. The zero-order valence-electron chi connectivity index (χ0n) is 10.3. The number of hydrogen-bond acceptors (Lipinski definition) is 3. The molecule has 7 heteroatoms. The second-order valence-electron chi connectivity index (χ2n) is 3.90. The molecule has 1 rings (SSSR count). The van der Waals surface area contributed by atoms with E-state index in [0.717, 1.165) is 12.1 Å². The Morgan fingerprint density at radius 3 is 2.58 bits per heavy atom. The third-order valence-corrected chi connectivity index (χ3v) is 4.08. The fourth-order valence-corrected chi connectivity index (χ4v) is 2.83. The summed E-state index contributed by atoms with van der Waals surface area (Å²) in [6, 6.07) is 0.870. The van der Waals surface area contributed by atoms with Crippen LogP contribution in [-0.4, -0.2) is 25.5 Å². The zero-order chi connectivity index (χ0) is 14.8. The van der Waals surface area contributed by atoms with Crippen molar-refractivity contribution in [3.05, 3.63) is 29.1 Å². The van der Waals surface area contributed by atoms with Gasteiger partial charge in [0, 0.05) is 5.56 Å². The molecule has 0 heterocycles. The summed E-state index contributed by atoms with van der Waals surface area (Å²) >= 11 is 0. The molecule has 1 aromatic carbocycles. The van der Waals surface area contributed by atoms with Crippen LogP contribution in [0.1, 0.15) is 22.8 Å². The van der Waals surface area contributed by atoms with Gasteiger partial charge in [0.15, 0.2) is 0 Å². The number of nitrogens with one attached hydrogen (secondary N) is 1. The predicted molar refractivity (Wildman–Crippen MR) is 66.7 cm³/mol. The molecule has 19 heavy (non-hydrogen) atoms. The third kappa shape index (κ3) is 3.30. The molecule has 0 saturated heterocycles. The number of terminal acetylenes is 1. The van der Waals surface area contributed by atoms with Crippen LogP contribution in [-0.2, 0) is 10.0 Å². The first-order chi connectivity index (χ1) is 8.69. The first kappa shape index (κ1) is 15.1. The predicted octanol–water partition coefficient (Wildman–Crippen LogP) is 1.13. The zero-order valence-corrected chi connectivity index (χ0v) is 11.1. The van der Waals surface area contributed by atoms with Gasteiger partial charge < -0.3 is 5.11 Å². The van der Waals surface area contributed by atoms with Gasteiger partial charge in [-0.15, -0.1) is 6.42 Å². The number of hydrogen-bond donors (Lipinski definition) is 2. The maximum atomic E-state index is 13.6. The Morgan fingerprint density at radius 1 is 1.53 bits per heavy atom. The van der Waals surface area contributed by atoms with E-state index in [9.17, 15) is 17.6 Å². The van der Waals surface area contributed by atoms with Gasteiger partial charge in [-0.2, -0.15) is 4.72 Å². The van der Waals surface area contributed by atoms with E-state index in [0.29, 0.717) is 0 Å². The second-order valence-corrected chi connectivity index (χ2v) is 5.58. The minimum Gasteiger partial charge on any atom is -0.478 e. The lowest BCUT2D eigenvalue weighted by molar-refractivity contribution is 0.0696. The quantitative estimate of drug-likeness (QED) is 0.812. The Labute approximate surface area is 110 Å². The van der Waals surface area contributed by atoms with Gasteiger partial charge in [-0.1, -0.05) is 5.92 Å². The SMILES string of the molecule is C#CC(C)NS(=O)(=O)c1cc(C(=O)O)cc(F)c1C. The van der Waals surface area contributed by atoms with Gasteiger partial charge in [0.2, 0.25) is 10.0 Å². The molecule has 1 unspecified atom stereocenters. The lowest BCUT2D eigenvalue weighted by Crippen LogP contribution is -2.32. The van der Waals surface area contributed by atoms with Crippen molar-refractivity contribution in [1.82, 2.24) is 4.72 Å². The van der Waals surface area contributed by atoms with Crippen LogP contribution < -0.4 is 4.72 Å². The highest BCUT2D eigenvalue weighted by molar-refractivity contribution is 7.89. The lowest BCUT2D eigenvalue weighted by atomic mass is 10.1. The standard InChI is InChI=1S/C12H12FNO4S/c1-4-7(2)14-19(17,18)11-6-9(12(15)16)5-10(13)8(11)3/h1,5-7,14H,2-3H3,(H,15,16). The van der Waals surface area contributed by atoms with Gasteiger partial charge in [-0.05, 0) is 26.0 Å². The van der Waals surface area contributed by atoms with Crippen LogP contribution in [0.4, 0.5) is 4.39 Å². The highest BCUT2D eigenvalue weighted by Crippen LogP contribution is 2.20. The molecule has 0 aliphatic heterocycles. The maximum Gasteiger partial charge on any atom is 0.335 e. The molecule has 0 aliphatic rings. The molecule has 0 aliphatic carbocycles. The molecular weight excluding hydrogens is 273 g/mol. The van der Waals surface area contributed by atoms with Gasteiger partial charge in [-0.25, -0.2) is 17.6 Å². The van der Waals surface area contributed by atoms with Crippen LogP contribution in [0.25, 0.3) is 0 Å². The Morgan fingerprint density at radius 2 is 2.11 bits per heavy atom. The van der Waals surface area contributed by atoms with Crippen LogP contribution in [0.2, 0.25) is 0 Å². The van der Waals surface area contributed by atoms with E-state index >= 15 is 0 Å². The van der Waals surface area contributed by atoms with Crippen molar-refractivity contribution >= 4 is 16.0 Å². The van der Waals surface area contributed by atoms with Gasteiger partial charge >= 0.3 is 5.97 Å². The topological polar surface area (TPSA) is 83.5 Å². The van der Waals surface area contributed by atoms with E-state index in [1.165, 1.54) is 13.8 Å². The first-order valence-electron chi connectivity index (χ1n) is 5.21. The van der Waals surface area contributed by atoms with E-state index in [4.69, 9.17) is 11.5 Å². The Kier molecular flexibility index (Phi) is 4.29. The largest absolute Gasteiger partial charge is 0.478 e. The van der Waals surface area contributed by atoms with E-state index in [2.05, 4.69) is 10.6 Å². The van der Waals surface area contributed by atoms with E-state index < -0.39 is 38.3 Å². The summed E-state index contributed by atoms with van der Waals surface area (Å²) in [7, 11) is -4.08. The number of benzene rings is 1. The molecule has 0 radical (unpaired) electrons. The monoisotopic (exact) mass is 285 g/mol. The minimum atomic E-state index is -4.08. The van der Waals surface area contributed by atoms with E-state index in [1.807, 2.05) is 0 Å². The van der Waals surface area contributed by atoms with Crippen molar-refractivity contribution in [2.45, 2.75) is 24.8 Å². The molecule has 5 nitrogen and oxygen atoms in total. The maximum absolute atomic E-state index is 13.6. The fraction of sp³-hybridized carbons (Fsp3) is 0.250. The van der Waals surface area contributed by atoms with Gasteiger partial charge in [0.05, 0.1) is 16.5 Å². The summed E-state index contributed by atoms with van der Waals surface area (Å²) in [5.41, 5.74) is -0.612. The van der Waals surface area contributed by atoms with Crippen molar-refractivity contribution in [2.75, 3.05) is 0 Å². The van der Waals surface area contributed by atoms with Crippen molar-refractivity contribution < 1.29 is 22.7 Å². The van der Waals surface area contributed by atoms with Gasteiger partial charge in [0.1, 0.15) is 5.82 Å². The summed E-state index contributed by atoms with van der Waals surface area (Å²) in [4.78, 5) is 10.4. The Hall–Kier alpha value is -1.91. The highest BCUT2D eigenvalue weighted by Gasteiger charge is 2.23. The Bertz CT molecular complexity index is 661. The first-order valence-corrected chi connectivity index (χ1v) is 6.69. The summed E-state index contributed by atoms with van der Waals surface area (Å²) in [5, 5.41) is 8.80. The summed E-state index contributed by atoms with van der Waals surface area (Å²) in [6.45, 7) is 2.68. The lowest BCUT2D eigenvalue weighted by Gasteiger charge is -2.12. The third-order valence-electron chi connectivity index (χ3n) is 2.42. The van der Waals surface area contributed by atoms with Crippen LogP contribution >= 0.6 is 0 Å². The molecule has 1 aromatic rings. The normalized spacial score (nSPS) is 12.7.